The number of carbonyl (C=O) groups excluding carboxylic acids is 3. The molecule has 8 heteroatoms. The van der Waals surface area contributed by atoms with Crippen LogP contribution in [0.5, 0.6) is 11.5 Å². The minimum atomic E-state index is -0.902. The number of ketones is 1. The van der Waals surface area contributed by atoms with Crippen molar-refractivity contribution in [3.63, 3.8) is 0 Å². The second-order valence-corrected chi connectivity index (χ2v) is 9.25. The Hall–Kier alpha value is -4.46. The predicted octanol–water partition coefficient (Wildman–Crippen LogP) is 3.95. The summed E-state index contributed by atoms with van der Waals surface area (Å²) in [6, 6.07) is 16.5. The van der Waals surface area contributed by atoms with Gasteiger partial charge in [0, 0.05) is 11.8 Å². The Bertz CT molecular complexity index is 1480. The van der Waals surface area contributed by atoms with Gasteiger partial charge in [-0.15, -0.1) is 0 Å². The maximum Gasteiger partial charge on any atom is 0.240 e. The van der Waals surface area contributed by atoms with Crippen molar-refractivity contribution in [2.45, 2.75) is 12.1 Å². The molecule has 0 bridgehead atoms. The van der Waals surface area contributed by atoms with Crippen LogP contribution in [-0.2, 0) is 9.59 Å². The molecule has 0 N–H and O–H groups in total. The summed E-state index contributed by atoms with van der Waals surface area (Å²) in [5.41, 5.74) is 2.49. The lowest BCUT2D eigenvalue weighted by Crippen LogP contribution is -2.44. The summed E-state index contributed by atoms with van der Waals surface area (Å²) >= 11 is 0. The van der Waals surface area contributed by atoms with Crippen LogP contribution < -0.4 is 14.4 Å². The lowest BCUT2D eigenvalue weighted by Gasteiger charge is -2.35. The highest BCUT2D eigenvalue weighted by Gasteiger charge is 2.64. The Balaban J connectivity index is 1.36. The minimum Gasteiger partial charge on any atom is -0.454 e. The highest BCUT2D eigenvalue weighted by molar-refractivity contribution is 6.24. The number of rotatable bonds is 3. The first-order valence-corrected chi connectivity index (χ1v) is 11.6. The Morgan fingerprint density at radius 2 is 1.64 bits per heavy atom. The molecule has 2 fully saturated rings. The molecule has 36 heavy (non-hydrogen) atoms. The Morgan fingerprint density at radius 3 is 2.47 bits per heavy atom. The molecule has 2 amide bonds. The number of anilines is 1. The molecular weight excluding hydrogens is 463 g/mol. The van der Waals surface area contributed by atoms with Crippen molar-refractivity contribution in [2.75, 3.05) is 11.7 Å². The molecule has 4 atom stereocenters. The van der Waals surface area contributed by atoms with E-state index in [1.165, 1.54) is 24.3 Å². The van der Waals surface area contributed by atoms with Gasteiger partial charge in [-0.3, -0.25) is 14.4 Å². The summed E-state index contributed by atoms with van der Waals surface area (Å²) < 4.78 is 24.4. The topological polar surface area (TPSA) is 76.1 Å². The number of halogens is 1. The summed E-state index contributed by atoms with van der Waals surface area (Å²) in [6.07, 6.45) is 3.71. The second-order valence-electron chi connectivity index (χ2n) is 9.25. The van der Waals surface area contributed by atoms with E-state index in [0.717, 1.165) is 16.0 Å². The number of Topliss-reactive ketones (excluding diaryl/α,β-unsaturated/α-hetero) is 1. The van der Waals surface area contributed by atoms with Crippen molar-refractivity contribution < 1.29 is 28.2 Å². The van der Waals surface area contributed by atoms with Crippen LogP contribution in [0.15, 0.2) is 72.9 Å². The van der Waals surface area contributed by atoms with Gasteiger partial charge >= 0.3 is 0 Å². The van der Waals surface area contributed by atoms with E-state index in [1.807, 2.05) is 41.4 Å². The Labute approximate surface area is 205 Å². The fourth-order valence-electron chi connectivity index (χ4n) is 5.92. The van der Waals surface area contributed by atoms with Crippen molar-refractivity contribution in [2.24, 2.45) is 11.8 Å². The van der Waals surface area contributed by atoms with Crippen molar-refractivity contribution in [1.82, 2.24) is 4.90 Å². The molecule has 7 nitrogen and oxygen atoms in total. The first kappa shape index (κ1) is 20.9. The molecule has 4 aliphatic rings. The maximum absolute atomic E-state index is 14.0. The number of ether oxygens (including phenoxy) is 2. The molecule has 0 unspecified atom stereocenters. The van der Waals surface area contributed by atoms with E-state index in [2.05, 4.69) is 0 Å². The molecule has 3 aromatic carbocycles. The van der Waals surface area contributed by atoms with E-state index in [9.17, 15) is 18.8 Å². The first-order valence-electron chi connectivity index (χ1n) is 11.6. The third-order valence-corrected chi connectivity index (χ3v) is 7.47. The van der Waals surface area contributed by atoms with Crippen molar-refractivity contribution in [1.29, 1.82) is 0 Å². The largest absolute Gasteiger partial charge is 0.454 e. The van der Waals surface area contributed by atoms with Crippen molar-refractivity contribution in [3.8, 4) is 11.5 Å². The highest BCUT2D eigenvalue weighted by Crippen LogP contribution is 2.53. The number of nitrogens with zero attached hydrogens (tertiary/aromatic N) is 2. The van der Waals surface area contributed by atoms with E-state index < -0.39 is 41.6 Å². The van der Waals surface area contributed by atoms with Gasteiger partial charge in [0.15, 0.2) is 17.3 Å². The molecule has 0 aromatic heterocycles. The van der Waals surface area contributed by atoms with Crippen molar-refractivity contribution >= 4 is 29.4 Å². The van der Waals surface area contributed by atoms with Gasteiger partial charge in [-0.25, -0.2) is 9.29 Å². The third kappa shape index (κ3) is 2.81. The van der Waals surface area contributed by atoms with Crippen LogP contribution in [-0.4, -0.2) is 35.3 Å². The molecule has 0 radical (unpaired) electrons. The first-order chi connectivity index (χ1) is 17.5. The number of hydrogen-bond acceptors (Lipinski definition) is 6. The lowest BCUT2D eigenvalue weighted by molar-refractivity contribution is -0.123. The normalized spacial score (nSPS) is 25.1. The van der Waals surface area contributed by atoms with Crippen LogP contribution in [0.4, 0.5) is 10.1 Å². The van der Waals surface area contributed by atoms with Crippen molar-refractivity contribution in [3.05, 3.63) is 95.4 Å². The molecule has 0 aliphatic carbocycles. The lowest BCUT2D eigenvalue weighted by atomic mass is 9.83. The number of imide groups is 1. The molecule has 4 aliphatic heterocycles. The Kier molecular flexibility index (Phi) is 4.36. The van der Waals surface area contributed by atoms with E-state index in [4.69, 9.17) is 9.47 Å². The van der Waals surface area contributed by atoms with Gasteiger partial charge in [-0.1, -0.05) is 24.3 Å². The molecule has 3 aromatic rings. The average molecular weight is 482 g/mol. The van der Waals surface area contributed by atoms with Crippen LogP contribution >= 0.6 is 0 Å². The maximum atomic E-state index is 14.0. The van der Waals surface area contributed by atoms with E-state index in [0.29, 0.717) is 22.7 Å². The zero-order valence-corrected chi connectivity index (χ0v) is 18.8. The molecule has 0 saturated carbocycles. The van der Waals surface area contributed by atoms with Gasteiger partial charge in [-0.05, 0) is 59.7 Å². The predicted molar refractivity (Wildman–Crippen MR) is 127 cm³/mol. The van der Waals surface area contributed by atoms with Gasteiger partial charge in [0.2, 0.25) is 18.6 Å². The fraction of sp³-hybridized carbons (Fsp3) is 0.179. The number of carbonyl (C=O) groups is 3. The molecule has 4 heterocycles. The molecule has 7 rings (SSSR count). The number of hydrogen-bond donors (Lipinski definition) is 0. The summed E-state index contributed by atoms with van der Waals surface area (Å²) in [7, 11) is 0. The van der Waals surface area contributed by atoms with Gasteiger partial charge in [0.1, 0.15) is 11.9 Å². The molecule has 178 valence electrons. The van der Waals surface area contributed by atoms with Crippen LogP contribution in [0.25, 0.3) is 6.08 Å². The molecular formula is C28H19FN2O5. The monoisotopic (exact) mass is 482 g/mol. The molecule has 0 spiro atoms. The average Bonchev–Trinajstić information content (AvgIpc) is 3.57. The van der Waals surface area contributed by atoms with Crippen LogP contribution in [0.2, 0.25) is 0 Å². The van der Waals surface area contributed by atoms with Gasteiger partial charge in [0.25, 0.3) is 0 Å². The summed E-state index contributed by atoms with van der Waals surface area (Å²) in [4.78, 5) is 44.6. The second kappa shape index (κ2) is 7.52. The summed E-state index contributed by atoms with van der Waals surface area (Å²) in [5, 5.41) is 0. The summed E-state index contributed by atoms with van der Waals surface area (Å²) in [6.45, 7) is 0.0778. The van der Waals surface area contributed by atoms with Crippen LogP contribution in [0.1, 0.15) is 27.5 Å². The van der Waals surface area contributed by atoms with E-state index >= 15 is 0 Å². The van der Waals surface area contributed by atoms with Crippen LogP contribution in [0.3, 0.4) is 0 Å². The Morgan fingerprint density at radius 1 is 0.889 bits per heavy atom. The van der Waals surface area contributed by atoms with Gasteiger partial charge in [-0.2, -0.15) is 0 Å². The van der Waals surface area contributed by atoms with E-state index in [1.54, 1.807) is 18.2 Å². The summed E-state index contributed by atoms with van der Waals surface area (Å²) in [5.74, 6) is -2.25. The minimum absolute atomic E-state index is 0.0778. The zero-order chi connectivity index (χ0) is 24.6. The number of fused-ring (bicyclic) bond motifs is 6. The SMILES string of the molecule is O=C(c1ccc2c(c1)OCO2)[C@H]1[C@H]2C(=O)N(c3ccc(F)cc3)C(=O)[C@@H]2[C@H]2c3ccccc3C=CN21. The number of amides is 2. The van der Waals surface area contributed by atoms with E-state index in [-0.39, 0.29) is 12.6 Å². The third-order valence-electron chi connectivity index (χ3n) is 7.47. The van der Waals surface area contributed by atoms with Gasteiger partial charge in [0.05, 0.1) is 23.6 Å². The zero-order valence-electron chi connectivity index (χ0n) is 18.8. The quantitative estimate of drug-likeness (QED) is 0.416. The van der Waals surface area contributed by atoms with Crippen LogP contribution in [0, 0.1) is 17.7 Å². The highest BCUT2D eigenvalue weighted by atomic mass is 19.1. The number of benzene rings is 3. The standard InChI is InChI=1S/C28H19FN2O5/c29-17-6-8-18(9-7-17)31-27(33)22-23(28(31)34)25(26(32)16-5-10-20-21(13-16)36-14-35-20)30-12-11-15-3-1-2-4-19(15)24(22)30/h1-13,22-25H,14H2/t22-,23-,24+,25+/m0/s1. The molecule has 2 saturated heterocycles. The van der Waals surface area contributed by atoms with Gasteiger partial charge < -0.3 is 14.4 Å². The fourth-order valence-corrected chi connectivity index (χ4v) is 5.92. The smallest absolute Gasteiger partial charge is 0.240 e.